The van der Waals surface area contributed by atoms with Crippen LogP contribution in [-0.4, -0.2) is 15.2 Å². The summed E-state index contributed by atoms with van der Waals surface area (Å²) in [4.78, 5) is 5.70. The van der Waals surface area contributed by atoms with Crippen LogP contribution in [0, 0.1) is 0 Å². The maximum Gasteiger partial charge on any atom is 0.416 e. The number of pyridine rings is 1. The van der Waals surface area contributed by atoms with Gasteiger partial charge in [-0.3, -0.25) is 10.1 Å². The average Bonchev–Trinajstić information content (AvgIpc) is 3.31. The van der Waals surface area contributed by atoms with E-state index in [1.54, 1.807) is 29.2 Å². The van der Waals surface area contributed by atoms with E-state index in [4.69, 9.17) is 0 Å². The number of nitrogens with zero attached hydrogens (tertiary/aromatic N) is 3. The largest absolute Gasteiger partial charge is 0.416 e. The summed E-state index contributed by atoms with van der Waals surface area (Å²) >= 11 is 0. The van der Waals surface area contributed by atoms with Crippen molar-refractivity contribution in [2.75, 3.05) is 4.90 Å². The smallest absolute Gasteiger partial charge is 0.329 e. The number of nitrogens with one attached hydrogen (secondary N) is 1. The fraction of sp³-hybridized carbons (Fsp3) is 0.120. The topological polar surface area (TPSA) is 44.8 Å². The Kier molecular flexibility index (Phi) is 5.38. The summed E-state index contributed by atoms with van der Waals surface area (Å²) in [6, 6.07) is 12.2. The van der Waals surface area contributed by atoms with Crippen LogP contribution in [0.1, 0.15) is 39.6 Å². The van der Waals surface area contributed by atoms with Crippen molar-refractivity contribution in [1.29, 1.82) is 0 Å². The second kappa shape index (κ2) is 8.30. The molecule has 4 aromatic rings. The number of alkyl halides is 6. The van der Waals surface area contributed by atoms with E-state index in [1.807, 2.05) is 0 Å². The lowest BCUT2D eigenvalue weighted by Crippen LogP contribution is -2.31. The summed E-state index contributed by atoms with van der Waals surface area (Å²) in [6.45, 7) is 0. The molecule has 1 aliphatic heterocycles. The molecule has 0 bridgehead atoms. The highest BCUT2D eigenvalue weighted by Crippen LogP contribution is 2.45. The molecule has 35 heavy (non-hydrogen) atoms. The molecule has 1 aliphatic rings. The summed E-state index contributed by atoms with van der Waals surface area (Å²) in [5.74, 6) is 0. The van der Waals surface area contributed by atoms with E-state index < -0.39 is 29.5 Å². The summed E-state index contributed by atoms with van der Waals surface area (Å²) in [6.07, 6.45) is -2.96. The van der Waals surface area contributed by atoms with Crippen LogP contribution in [0.5, 0.6) is 0 Å². The van der Waals surface area contributed by atoms with Crippen molar-refractivity contribution in [2.45, 2.75) is 18.4 Å². The van der Waals surface area contributed by atoms with Crippen molar-refractivity contribution in [1.82, 2.24) is 15.2 Å². The Morgan fingerprint density at radius 2 is 1.46 bits per heavy atom. The van der Waals surface area contributed by atoms with Gasteiger partial charge in [-0.1, -0.05) is 24.3 Å². The second-order valence-corrected chi connectivity index (χ2v) is 7.95. The Labute approximate surface area is 195 Å². The first-order chi connectivity index (χ1) is 16.6. The van der Waals surface area contributed by atoms with Crippen LogP contribution in [0.15, 0.2) is 79.3 Å². The van der Waals surface area contributed by atoms with Gasteiger partial charge in [0.15, 0.2) is 0 Å². The molecule has 10 heteroatoms. The zero-order chi connectivity index (χ0) is 24.8. The molecule has 0 saturated carbocycles. The number of fused-ring (bicyclic) bond motifs is 1. The van der Waals surface area contributed by atoms with Crippen molar-refractivity contribution in [3.05, 3.63) is 113 Å². The molecule has 178 valence electrons. The van der Waals surface area contributed by atoms with Crippen molar-refractivity contribution >= 4 is 17.5 Å². The minimum absolute atomic E-state index is 0.244. The molecule has 1 atom stereocenters. The molecule has 2 aromatic carbocycles. The Bertz CT molecular complexity index is 1390. The molecule has 0 spiro atoms. The van der Waals surface area contributed by atoms with E-state index in [1.165, 1.54) is 36.8 Å². The van der Waals surface area contributed by atoms with Gasteiger partial charge in [0.1, 0.15) is 0 Å². The van der Waals surface area contributed by atoms with Crippen LogP contribution in [0.3, 0.4) is 0 Å². The van der Waals surface area contributed by atoms with Gasteiger partial charge in [0.25, 0.3) is 0 Å². The van der Waals surface area contributed by atoms with E-state index in [2.05, 4.69) is 15.2 Å². The third kappa shape index (κ3) is 4.27. The van der Waals surface area contributed by atoms with Gasteiger partial charge in [-0.05, 0) is 53.6 Å². The zero-order valence-corrected chi connectivity index (χ0v) is 17.8. The van der Waals surface area contributed by atoms with E-state index in [0.717, 1.165) is 24.3 Å². The summed E-state index contributed by atoms with van der Waals surface area (Å²) in [7, 11) is 0. The molecule has 0 saturated heterocycles. The predicted molar refractivity (Wildman–Crippen MR) is 118 cm³/mol. The number of hydrogen-bond donors (Lipinski definition) is 1. The fourth-order valence-electron chi connectivity index (χ4n) is 4.21. The summed E-state index contributed by atoms with van der Waals surface area (Å²) in [5.41, 5.74) is 0.855. The number of halogens is 6. The molecule has 0 fully saturated rings. The first-order valence-electron chi connectivity index (χ1n) is 10.4. The van der Waals surface area contributed by atoms with E-state index in [0.29, 0.717) is 28.2 Å². The van der Waals surface area contributed by atoms with Gasteiger partial charge in [0, 0.05) is 23.6 Å². The number of anilines is 1. The minimum atomic E-state index is -4.56. The highest BCUT2D eigenvalue weighted by Gasteiger charge is 2.37. The highest BCUT2D eigenvalue weighted by molar-refractivity contribution is 5.93. The lowest BCUT2D eigenvalue weighted by atomic mass is 9.90. The molecule has 2 aromatic heterocycles. The number of H-pyrrole nitrogens is 1. The number of aromatic amines is 1. The van der Waals surface area contributed by atoms with Gasteiger partial charge in [-0.15, -0.1) is 0 Å². The fourth-order valence-corrected chi connectivity index (χ4v) is 4.21. The van der Waals surface area contributed by atoms with Crippen LogP contribution in [0.2, 0.25) is 0 Å². The molecular formula is C25H16F6N4. The Hall–Kier alpha value is -4.08. The van der Waals surface area contributed by atoms with Crippen molar-refractivity contribution < 1.29 is 26.3 Å². The minimum Gasteiger partial charge on any atom is -0.329 e. The average molecular weight is 486 g/mol. The van der Waals surface area contributed by atoms with Crippen LogP contribution in [-0.2, 0) is 12.4 Å². The van der Waals surface area contributed by atoms with Crippen LogP contribution < -0.4 is 4.90 Å². The second-order valence-electron chi connectivity index (χ2n) is 7.95. The molecule has 4 nitrogen and oxygen atoms in total. The molecule has 0 amide bonds. The normalized spacial score (nSPS) is 16.1. The zero-order valence-electron chi connectivity index (χ0n) is 17.8. The molecule has 5 rings (SSSR count). The number of hydrogen-bond acceptors (Lipinski definition) is 3. The first kappa shape index (κ1) is 22.7. The number of rotatable bonds is 3. The lowest BCUT2D eigenvalue weighted by Gasteiger charge is -2.39. The molecule has 0 radical (unpaired) electrons. The maximum absolute atomic E-state index is 13.5. The number of benzene rings is 2. The van der Waals surface area contributed by atoms with Crippen molar-refractivity contribution in [3.63, 3.8) is 0 Å². The Morgan fingerprint density at radius 1 is 0.800 bits per heavy atom. The molecule has 1 unspecified atom stereocenters. The lowest BCUT2D eigenvalue weighted by molar-refractivity contribution is -0.138. The van der Waals surface area contributed by atoms with E-state index >= 15 is 0 Å². The standard InChI is InChI=1S/C25H16F6N4/c26-24(27,28)17-5-1-3-15(11-17)22-13-21-20(14-33-34-21)23(35(22)19-7-9-32-10-8-19)16-4-2-6-18(12-16)25(29,30)31/h1-14,23H,(H,33,34). The number of aromatic nitrogens is 3. The molecule has 3 heterocycles. The van der Waals surface area contributed by atoms with E-state index in [9.17, 15) is 26.3 Å². The maximum atomic E-state index is 13.5. The van der Waals surface area contributed by atoms with Gasteiger partial charge in [-0.2, -0.15) is 31.4 Å². The van der Waals surface area contributed by atoms with Gasteiger partial charge >= 0.3 is 12.4 Å². The van der Waals surface area contributed by atoms with Gasteiger partial charge in [0.05, 0.1) is 34.8 Å². The third-order valence-electron chi connectivity index (χ3n) is 5.75. The summed E-state index contributed by atoms with van der Waals surface area (Å²) < 4.78 is 81.0. The summed E-state index contributed by atoms with van der Waals surface area (Å²) in [5, 5.41) is 6.86. The SMILES string of the molecule is FC(F)(F)c1cccc(C2=Cc3[nH]ncc3C(c3cccc(C(F)(F)F)c3)N2c2ccncc2)c1. The van der Waals surface area contributed by atoms with Crippen molar-refractivity contribution in [3.8, 4) is 0 Å². The molecular weight excluding hydrogens is 470 g/mol. The molecule has 1 N–H and O–H groups in total. The highest BCUT2D eigenvalue weighted by atomic mass is 19.4. The Morgan fingerprint density at radius 3 is 2.14 bits per heavy atom. The first-order valence-corrected chi connectivity index (χ1v) is 10.4. The monoisotopic (exact) mass is 486 g/mol. The van der Waals surface area contributed by atoms with E-state index in [-0.39, 0.29) is 5.56 Å². The van der Waals surface area contributed by atoms with Crippen LogP contribution in [0.25, 0.3) is 11.8 Å². The van der Waals surface area contributed by atoms with Gasteiger partial charge in [0.2, 0.25) is 0 Å². The van der Waals surface area contributed by atoms with Gasteiger partial charge in [-0.25, -0.2) is 0 Å². The third-order valence-corrected chi connectivity index (χ3v) is 5.75. The Balaban J connectivity index is 1.75. The predicted octanol–water partition coefficient (Wildman–Crippen LogP) is 6.95. The van der Waals surface area contributed by atoms with Crippen LogP contribution >= 0.6 is 0 Å². The van der Waals surface area contributed by atoms with Gasteiger partial charge < -0.3 is 4.90 Å². The van der Waals surface area contributed by atoms with Crippen molar-refractivity contribution in [2.24, 2.45) is 0 Å². The van der Waals surface area contributed by atoms with Crippen LogP contribution in [0.4, 0.5) is 32.0 Å². The quantitative estimate of drug-likeness (QED) is 0.319. The molecule has 0 aliphatic carbocycles.